The molecule has 0 radical (unpaired) electrons. The number of rotatable bonds is 5. The van der Waals surface area contributed by atoms with E-state index in [0.717, 1.165) is 11.0 Å². The Morgan fingerprint density at radius 1 is 1.29 bits per heavy atom. The highest BCUT2D eigenvalue weighted by atomic mass is 32.1. The van der Waals surface area contributed by atoms with Gasteiger partial charge in [0.15, 0.2) is 5.82 Å². The monoisotopic (exact) mass is 352 g/mol. The summed E-state index contributed by atoms with van der Waals surface area (Å²) >= 11 is 0. The average molecular weight is 352 g/mol. The predicted octanol–water partition coefficient (Wildman–Crippen LogP) is 3.70. The van der Waals surface area contributed by atoms with E-state index >= 15 is 0 Å². The van der Waals surface area contributed by atoms with Crippen LogP contribution in [0.1, 0.15) is 6.92 Å². The Labute approximate surface area is 145 Å². The normalized spacial score (nSPS) is 11.8. The number of benzene rings is 1. The molecule has 24 heavy (non-hydrogen) atoms. The summed E-state index contributed by atoms with van der Waals surface area (Å²) < 4.78 is 33.5. The molecule has 0 aliphatic heterocycles. The number of aryl methyl sites for hydroxylation is 1. The topological polar surface area (TPSA) is 52.0 Å². The molecule has 5 nitrogen and oxygen atoms in total. The molecule has 1 unspecified atom stereocenters. The fourth-order valence-corrected chi connectivity index (χ4v) is 2.28. The maximum Gasteiger partial charge on any atom is 0.158 e. The van der Waals surface area contributed by atoms with Crippen molar-refractivity contribution in [3.8, 4) is 5.75 Å². The SMILES string of the molecule is CC(CF)Oc1cc(F)ccc1Nc1ncnc2ccn(C)c12.S. The standard InChI is InChI=1S/C16H16F2N4O.H2S/c1-10(8-17)23-14-7-11(18)3-4-12(14)21-16-15-13(19-9-20-16)5-6-22(15)2;/h3-7,9-10H,8H2,1-2H3,(H,19,20,21);1H2. The molecule has 0 bridgehead atoms. The molecule has 0 aliphatic carbocycles. The van der Waals surface area contributed by atoms with Crippen LogP contribution in [0.5, 0.6) is 5.75 Å². The van der Waals surface area contributed by atoms with E-state index in [4.69, 9.17) is 4.74 Å². The van der Waals surface area contributed by atoms with Crippen molar-refractivity contribution in [1.29, 1.82) is 0 Å². The fourth-order valence-electron chi connectivity index (χ4n) is 2.28. The maximum absolute atomic E-state index is 13.5. The Kier molecular flexibility index (Phi) is 5.61. The molecule has 0 aliphatic rings. The molecule has 128 valence electrons. The second kappa shape index (κ2) is 7.48. The molecular weight excluding hydrogens is 334 g/mol. The van der Waals surface area contributed by atoms with E-state index in [1.165, 1.54) is 24.5 Å². The molecule has 3 aromatic rings. The van der Waals surface area contributed by atoms with Crippen molar-refractivity contribution in [1.82, 2.24) is 14.5 Å². The van der Waals surface area contributed by atoms with Gasteiger partial charge in [-0.25, -0.2) is 18.7 Å². The van der Waals surface area contributed by atoms with Crippen LogP contribution < -0.4 is 10.1 Å². The first-order valence-electron chi connectivity index (χ1n) is 7.13. The van der Waals surface area contributed by atoms with Gasteiger partial charge in [0.05, 0.1) is 11.2 Å². The van der Waals surface area contributed by atoms with Gasteiger partial charge in [-0.1, -0.05) is 0 Å². The second-order valence-corrected chi connectivity index (χ2v) is 5.23. The minimum absolute atomic E-state index is 0. The fraction of sp³-hybridized carbons (Fsp3) is 0.250. The molecule has 1 atom stereocenters. The molecule has 0 saturated carbocycles. The Balaban J connectivity index is 0.00000208. The van der Waals surface area contributed by atoms with E-state index in [9.17, 15) is 8.78 Å². The molecule has 0 fully saturated rings. The second-order valence-electron chi connectivity index (χ2n) is 5.23. The highest BCUT2D eigenvalue weighted by molar-refractivity contribution is 7.59. The summed E-state index contributed by atoms with van der Waals surface area (Å²) in [4.78, 5) is 8.42. The van der Waals surface area contributed by atoms with E-state index in [2.05, 4.69) is 15.3 Å². The van der Waals surface area contributed by atoms with Crippen LogP contribution in [-0.2, 0) is 7.05 Å². The van der Waals surface area contributed by atoms with Gasteiger partial charge in [-0.05, 0) is 25.1 Å². The lowest BCUT2D eigenvalue weighted by molar-refractivity contribution is 0.182. The van der Waals surface area contributed by atoms with Crippen molar-refractivity contribution >= 4 is 36.0 Å². The predicted molar refractivity (Wildman–Crippen MR) is 94.6 cm³/mol. The highest BCUT2D eigenvalue weighted by Crippen LogP contribution is 2.31. The molecule has 3 rings (SSSR count). The van der Waals surface area contributed by atoms with Crippen molar-refractivity contribution < 1.29 is 13.5 Å². The Hall–Kier alpha value is -2.35. The Morgan fingerprint density at radius 2 is 2.08 bits per heavy atom. The zero-order valence-electron chi connectivity index (χ0n) is 13.3. The van der Waals surface area contributed by atoms with E-state index in [0.29, 0.717) is 11.5 Å². The zero-order valence-corrected chi connectivity index (χ0v) is 14.3. The quantitative estimate of drug-likeness (QED) is 0.761. The summed E-state index contributed by atoms with van der Waals surface area (Å²) in [5.74, 6) is 0.339. The van der Waals surface area contributed by atoms with E-state index < -0.39 is 18.6 Å². The number of nitrogens with one attached hydrogen (secondary N) is 1. The van der Waals surface area contributed by atoms with Crippen molar-refractivity contribution in [3.63, 3.8) is 0 Å². The third-order valence-electron chi connectivity index (χ3n) is 3.40. The molecule has 1 aromatic carbocycles. The summed E-state index contributed by atoms with van der Waals surface area (Å²) in [6.07, 6.45) is 2.65. The first-order valence-corrected chi connectivity index (χ1v) is 7.13. The first kappa shape index (κ1) is 18.0. The van der Waals surface area contributed by atoms with Gasteiger partial charge in [-0.15, -0.1) is 0 Å². The molecule has 0 spiro atoms. The van der Waals surface area contributed by atoms with Gasteiger partial charge in [0.2, 0.25) is 0 Å². The molecule has 8 heteroatoms. The lowest BCUT2D eigenvalue weighted by Crippen LogP contribution is -2.15. The first-order chi connectivity index (χ1) is 11.1. The lowest BCUT2D eigenvalue weighted by atomic mass is 10.2. The third-order valence-corrected chi connectivity index (χ3v) is 3.40. The van der Waals surface area contributed by atoms with Crippen LogP contribution >= 0.6 is 13.5 Å². The van der Waals surface area contributed by atoms with Gasteiger partial charge >= 0.3 is 0 Å². The van der Waals surface area contributed by atoms with E-state index in [-0.39, 0.29) is 19.2 Å². The van der Waals surface area contributed by atoms with Crippen molar-refractivity contribution in [2.45, 2.75) is 13.0 Å². The van der Waals surface area contributed by atoms with E-state index in [1.807, 2.05) is 23.9 Å². The number of fused-ring (bicyclic) bond motifs is 1. The number of hydrogen-bond donors (Lipinski definition) is 1. The smallest absolute Gasteiger partial charge is 0.158 e. The van der Waals surface area contributed by atoms with Crippen molar-refractivity contribution in [3.05, 3.63) is 42.6 Å². The lowest BCUT2D eigenvalue weighted by Gasteiger charge is -2.16. The van der Waals surface area contributed by atoms with Crippen molar-refractivity contribution in [2.24, 2.45) is 7.05 Å². The van der Waals surface area contributed by atoms with Crippen LogP contribution in [0.15, 0.2) is 36.8 Å². The number of aromatic nitrogens is 3. The van der Waals surface area contributed by atoms with E-state index in [1.54, 1.807) is 6.92 Å². The Morgan fingerprint density at radius 3 is 2.83 bits per heavy atom. The van der Waals surface area contributed by atoms with Gasteiger partial charge in [0.1, 0.15) is 36.2 Å². The van der Waals surface area contributed by atoms with Gasteiger partial charge in [-0.3, -0.25) is 0 Å². The van der Waals surface area contributed by atoms with Gasteiger partial charge in [0, 0.05) is 19.3 Å². The van der Waals surface area contributed by atoms with Crippen LogP contribution in [0.4, 0.5) is 20.3 Å². The Bertz CT molecular complexity index is 840. The average Bonchev–Trinajstić information content (AvgIpc) is 2.92. The van der Waals surface area contributed by atoms with Crippen LogP contribution in [0, 0.1) is 5.82 Å². The summed E-state index contributed by atoms with van der Waals surface area (Å²) in [5, 5.41) is 3.11. The third kappa shape index (κ3) is 3.59. The highest BCUT2D eigenvalue weighted by Gasteiger charge is 2.13. The molecule has 0 saturated heterocycles. The number of hydrogen-bond acceptors (Lipinski definition) is 4. The van der Waals surface area contributed by atoms with Gasteiger partial charge in [-0.2, -0.15) is 13.5 Å². The summed E-state index contributed by atoms with van der Waals surface area (Å²) in [5.41, 5.74) is 2.10. The minimum atomic E-state index is -0.669. The summed E-state index contributed by atoms with van der Waals surface area (Å²) in [6.45, 7) is 0.917. The van der Waals surface area contributed by atoms with Crippen molar-refractivity contribution in [2.75, 3.05) is 12.0 Å². The summed E-state index contributed by atoms with van der Waals surface area (Å²) in [7, 11) is 1.88. The minimum Gasteiger partial charge on any atom is -0.486 e. The molecule has 2 heterocycles. The van der Waals surface area contributed by atoms with Crippen LogP contribution in [0.3, 0.4) is 0 Å². The van der Waals surface area contributed by atoms with Crippen LogP contribution in [-0.4, -0.2) is 27.3 Å². The molecular formula is C16H18F2N4OS. The molecule has 1 N–H and O–H groups in total. The largest absolute Gasteiger partial charge is 0.486 e. The number of nitrogens with zero attached hydrogens (tertiary/aromatic N) is 3. The maximum atomic E-state index is 13.5. The number of ether oxygens (including phenoxy) is 1. The number of halogens is 2. The van der Waals surface area contributed by atoms with Gasteiger partial charge in [0.25, 0.3) is 0 Å². The number of anilines is 2. The summed E-state index contributed by atoms with van der Waals surface area (Å²) in [6, 6.07) is 5.93. The number of alkyl halides is 1. The van der Waals surface area contributed by atoms with Crippen LogP contribution in [0.2, 0.25) is 0 Å². The molecule has 0 amide bonds. The van der Waals surface area contributed by atoms with Gasteiger partial charge < -0.3 is 14.6 Å². The molecule has 2 aromatic heterocycles. The zero-order chi connectivity index (χ0) is 16.4. The van der Waals surface area contributed by atoms with Crippen LogP contribution in [0.25, 0.3) is 11.0 Å².